The number of rotatable bonds is 15. The third-order valence-corrected chi connectivity index (χ3v) is 7.46. The third-order valence-electron chi connectivity index (χ3n) is 7.46. The molecule has 0 aromatic heterocycles. The zero-order valence-electron chi connectivity index (χ0n) is 24.7. The molecule has 2 aromatic carbocycles. The van der Waals surface area contributed by atoms with E-state index in [0.29, 0.717) is 25.8 Å². The van der Waals surface area contributed by atoms with Gasteiger partial charge in [-0.1, -0.05) is 49.4 Å². The topological polar surface area (TPSA) is 214 Å². The minimum Gasteiger partial charge on any atom is -0.508 e. The molecule has 8 N–H and O–H groups in total. The minimum absolute atomic E-state index is 0.120. The first-order valence-corrected chi connectivity index (χ1v) is 14.6. The molecule has 3 rings (SSSR count). The zero-order chi connectivity index (χ0) is 32.2. The number of carbonyl (C=O) groups excluding carboxylic acids is 6. The van der Waals surface area contributed by atoms with Crippen LogP contribution in [0.1, 0.15) is 50.2 Å². The van der Waals surface area contributed by atoms with Gasteiger partial charge < -0.3 is 37.4 Å². The van der Waals surface area contributed by atoms with Gasteiger partial charge >= 0.3 is 0 Å². The highest BCUT2D eigenvalue weighted by molar-refractivity contribution is 5.97. The van der Waals surface area contributed by atoms with Gasteiger partial charge in [0.2, 0.25) is 35.4 Å². The van der Waals surface area contributed by atoms with Crippen molar-refractivity contribution in [2.75, 3.05) is 6.54 Å². The average molecular weight is 609 g/mol. The van der Waals surface area contributed by atoms with Crippen molar-refractivity contribution >= 4 is 35.4 Å². The fraction of sp³-hybridized carbons (Fsp3) is 0.419. The molecular formula is C31H40N6O7. The van der Waals surface area contributed by atoms with Crippen LogP contribution in [0.2, 0.25) is 0 Å². The molecule has 0 spiro atoms. The predicted molar refractivity (Wildman–Crippen MR) is 160 cm³/mol. The number of phenolic OH excluding ortho intramolecular Hbond substituents is 1. The lowest BCUT2D eigenvalue weighted by atomic mass is 10.0. The van der Waals surface area contributed by atoms with Crippen LogP contribution in [0.15, 0.2) is 54.6 Å². The number of primary amides is 2. The van der Waals surface area contributed by atoms with Crippen LogP contribution in [0.3, 0.4) is 0 Å². The first kappa shape index (κ1) is 33.6. The molecule has 0 aliphatic carbocycles. The summed E-state index contributed by atoms with van der Waals surface area (Å²) in [6, 6.07) is 11.1. The Morgan fingerprint density at radius 3 is 2.11 bits per heavy atom. The lowest BCUT2D eigenvalue weighted by Crippen LogP contribution is -2.58. The van der Waals surface area contributed by atoms with E-state index in [4.69, 9.17) is 11.5 Å². The molecule has 0 saturated carbocycles. The molecule has 1 aliphatic heterocycles. The van der Waals surface area contributed by atoms with E-state index in [2.05, 4.69) is 16.0 Å². The van der Waals surface area contributed by atoms with Crippen LogP contribution >= 0.6 is 0 Å². The largest absolute Gasteiger partial charge is 0.508 e. The van der Waals surface area contributed by atoms with E-state index < -0.39 is 60.1 Å². The van der Waals surface area contributed by atoms with Gasteiger partial charge in [-0.05, 0) is 48.9 Å². The number of likely N-dealkylation sites (tertiary alicyclic amines) is 1. The van der Waals surface area contributed by atoms with Crippen LogP contribution in [-0.2, 0) is 41.6 Å². The van der Waals surface area contributed by atoms with E-state index in [1.54, 1.807) is 43.3 Å². The molecule has 2 aromatic rings. The van der Waals surface area contributed by atoms with Crippen LogP contribution in [-0.4, -0.2) is 76.2 Å². The van der Waals surface area contributed by atoms with Crippen LogP contribution in [0, 0.1) is 0 Å². The molecule has 0 radical (unpaired) electrons. The third kappa shape index (κ3) is 9.82. The maximum atomic E-state index is 13.3. The Kier molecular flexibility index (Phi) is 12.2. The fourth-order valence-electron chi connectivity index (χ4n) is 5.04. The van der Waals surface area contributed by atoms with Crippen LogP contribution in [0.5, 0.6) is 5.75 Å². The Hall–Kier alpha value is -4.94. The Balaban J connectivity index is 1.62. The minimum atomic E-state index is -1.40. The summed E-state index contributed by atoms with van der Waals surface area (Å²) < 4.78 is 0. The highest BCUT2D eigenvalue weighted by Gasteiger charge is 2.36. The van der Waals surface area contributed by atoms with Gasteiger partial charge in [0.25, 0.3) is 0 Å². The van der Waals surface area contributed by atoms with Gasteiger partial charge in [0, 0.05) is 19.4 Å². The second kappa shape index (κ2) is 16.1. The number of aromatic hydroxyl groups is 1. The lowest BCUT2D eigenvalue weighted by Gasteiger charge is -2.27. The summed E-state index contributed by atoms with van der Waals surface area (Å²) in [5.74, 6) is -3.82. The summed E-state index contributed by atoms with van der Waals surface area (Å²) in [6.45, 7) is 2.00. The molecule has 6 amide bonds. The van der Waals surface area contributed by atoms with E-state index in [1.807, 2.05) is 6.07 Å². The predicted octanol–water partition coefficient (Wildman–Crippen LogP) is -0.216. The van der Waals surface area contributed by atoms with E-state index in [9.17, 15) is 33.9 Å². The molecule has 0 bridgehead atoms. The summed E-state index contributed by atoms with van der Waals surface area (Å²) in [7, 11) is 0. The SMILES string of the molecule is CCC(NC(=O)C(CC(N)=O)NC(=O)C1CCCN1C(=O)CCc1ccc(O)cc1)C(=O)NC(Cc1ccccc1)C(N)=O. The molecule has 13 heteroatoms. The van der Waals surface area contributed by atoms with Gasteiger partial charge in [-0.3, -0.25) is 28.8 Å². The lowest BCUT2D eigenvalue weighted by molar-refractivity contribution is -0.140. The number of aryl methyl sites for hydroxylation is 1. The Bertz CT molecular complexity index is 1330. The first-order chi connectivity index (χ1) is 21.0. The van der Waals surface area contributed by atoms with Crippen molar-refractivity contribution in [1.29, 1.82) is 0 Å². The average Bonchev–Trinajstić information content (AvgIpc) is 3.49. The summed E-state index contributed by atoms with van der Waals surface area (Å²) in [6.07, 6.45) is 1.27. The molecule has 236 valence electrons. The number of nitrogens with two attached hydrogens (primary N) is 2. The van der Waals surface area contributed by atoms with Gasteiger partial charge in [-0.2, -0.15) is 0 Å². The van der Waals surface area contributed by atoms with Gasteiger partial charge in [-0.25, -0.2) is 0 Å². The van der Waals surface area contributed by atoms with Gasteiger partial charge in [-0.15, -0.1) is 0 Å². The summed E-state index contributed by atoms with van der Waals surface area (Å²) in [4.78, 5) is 77.7. The van der Waals surface area contributed by atoms with E-state index in [1.165, 1.54) is 17.0 Å². The standard InChI is InChI=1S/C31H40N6O7/c1-2-22(29(42)35-23(28(33)41)17-20-7-4-3-5-8-20)34-30(43)24(18-26(32)39)36-31(44)25-9-6-16-37(25)27(40)15-12-19-10-13-21(38)14-11-19/h3-5,7-8,10-11,13-14,22-25,38H,2,6,9,12,15-18H2,1H3,(H2,32,39)(H2,33,41)(H,34,43)(H,35,42)(H,36,44). The normalized spacial score (nSPS) is 16.3. The van der Waals surface area contributed by atoms with Crippen molar-refractivity contribution in [3.63, 3.8) is 0 Å². The van der Waals surface area contributed by atoms with Crippen LogP contribution in [0.25, 0.3) is 0 Å². The molecule has 13 nitrogen and oxygen atoms in total. The number of hydrogen-bond acceptors (Lipinski definition) is 7. The summed E-state index contributed by atoms with van der Waals surface area (Å²) >= 11 is 0. The fourth-order valence-corrected chi connectivity index (χ4v) is 5.04. The zero-order valence-corrected chi connectivity index (χ0v) is 24.7. The summed E-state index contributed by atoms with van der Waals surface area (Å²) in [5.41, 5.74) is 12.5. The molecule has 4 atom stereocenters. The van der Waals surface area contributed by atoms with Crippen molar-refractivity contribution in [1.82, 2.24) is 20.9 Å². The smallest absolute Gasteiger partial charge is 0.243 e. The molecule has 1 aliphatic rings. The quantitative estimate of drug-likeness (QED) is 0.160. The monoisotopic (exact) mass is 608 g/mol. The van der Waals surface area contributed by atoms with Gasteiger partial charge in [0.15, 0.2) is 0 Å². The second-order valence-electron chi connectivity index (χ2n) is 10.8. The highest BCUT2D eigenvalue weighted by atomic mass is 16.3. The maximum Gasteiger partial charge on any atom is 0.243 e. The molecule has 1 saturated heterocycles. The number of nitrogens with zero attached hydrogens (tertiary/aromatic N) is 1. The Morgan fingerprint density at radius 1 is 0.864 bits per heavy atom. The van der Waals surface area contributed by atoms with Crippen molar-refractivity contribution in [2.45, 2.75) is 76.0 Å². The number of amides is 6. The van der Waals surface area contributed by atoms with Gasteiger partial charge in [0.05, 0.1) is 6.42 Å². The molecule has 44 heavy (non-hydrogen) atoms. The number of phenols is 1. The van der Waals surface area contributed by atoms with Crippen molar-refractivity contribution in [2.24, 2.45) is 11.5 Å². The van der Waals surface area contributed by atoms with Gasteiger partial charge in [0.1, 0.15) is 29.9 Å². The first-order valence-electron chi connectivity index (χ1n) is 14.6. The van der Waals surface area contributed by atoms with Crippen LogP contribution < -0.4 is 27.4 Å². The number of hydrogen-bond donors (Lipinski definition) is 6. The molecule has 1 heterocycles. The Labute approximate surface area is 255 Å². The van der Waals surface area contributed by atoms with Crippen molar-refractivity contribution in [3.8, 4) is 5.75 Å². The van der Waals surface area contributed by atoms with E-state index >= 15 is 0 Å². The maximum absolute atomic E-state index is 13.3. The van der Waals surface area contributed by atoms with E-state index in [-0.39, 0.29) is 30.9 Å². The number of carbonyl (C=O) groups is 6. The van der Waals surface area contributed by atoms with Crippen molar-refractivity contribution < 1.29 is 33.9 Å². The number of benzene rings is 2. The molecule has 4 unspecified atom stereocenters. The highest BCUT2D eigenvalue weighted by Crippen LogP contribution is 2.20. The van der Waals surface area contributed by atoms with Crippen LogP contribution in [0.4, 0.5) is 0 Å². The Morgan fingerprint density at radius 2 is 1.50 bits per heavy atom. The summed E-state index contributed by atoms with van der Waals surface area (Å²) in [5, 5.41) is 17.1. The second-order valence-corrected chi connectivity index (χ2v) is 10.8. The molecule has 1 fully saturated rings. The van der Waals surface area contributed by atoms with E-state index in [0.717, 1.165) is 11.1 Å². The molecular weight excluding hydrogens is 568 g/mol. The van der Waals surface area contributed by atoms with Crippen molar-refractivity contribution in [3.05, 3.63) is 65.7 Å². The number of nitrogens with one attached hydrogen (secondary N) is 3.